The maximum Gasteiger partial charge on any atom is 0.287 e. The molecule has 0 aliphatic carbocycles. The molecule has 2 saturated heterocycles. The van der Waals surface area contributed by atoms with E-state index in [1.165, 1.54) is 25.8 Å². The molecule has 0 saturated carbocycles. The lowest BCUT2D eigenvalue weighted by Gasteiger charge is -2.36. The number of hydrogen-bond donors (Lipinski definition) is 2. The zero-order valence-corrected chi connectivity index (χ0v) is 15.7. The van der Waals surface area contributed by atoms with Gasteiger partial charge in [-0.15, -0.1) is 0 Å². The van der Waals surface area contributed by atoms with Gasteiger partial charge in [-0.05, 0) is 0 Å². The van der Waals surface area contributed by atoms with Gasteiger partial charge in [-0.2, -0.15) is 0 Å². The summed E-state index contributed by atoms with van der Waals surface area (Å²) in [6, 6.07) is 21.5. The molecule has 0 unspecified atom stereocenters. The molecule has 0 aromatic heterocycles. The Morgan fingerprint density at radius 3 is 1.81 bits per heavy atom. The molecule has 5 nitrogen and oxygen atoms in total. The number of carbonyl (C=O) groups excluding carboxylic acids is 2. The molecule has 0 spiro atoms. The summed E-state index contributed by atoms with van der Waals surface area (Å²) in [6.45, 7) is 3.82. The maximum absolute atomic E-state index is 12.4. The second-order valence-corrected chi connectivity index (χ2v) is 7.62. The monoisotopic (exact) mass is 365 g/mol. The molecular weight excluding hydrogens is 338 g/mol. The summed E-state index contributed by atoms with van der Waals surface area (Å²) >= 11 is 0. The van der Waals surface area contributed by atoms with Gasteiger partial charge in [0, 0.05) is 18.2 Å². The molecule has 2 aliphatic heterocycles. The second kappa shape index (κ2) is 7.62. The maximum atomic E-state index is 12.4. The molecule has 4 rings (SSSR count). The van der Waals surface area contributed by atoms with Gasteiger partial charge in [0.15, 0.2) is 6.04 Å². The predicted octanol–water partition coefficient (Wildman–Crippen LogP) is -0.683. The molecule has 1 atom stereocenters. The van der Waals surface area contributed by atoms with Crippen molar-refractivity contribution in [3.63, 3.8) is 0 Å². The Hall–Kier alpha value is -2.50. The first kappa shape index (κ1) is 17.9. The largest absolute Gasteiger partial charge is 0.316 e. The number of imide groups is 1. The van der Waals surface area contributed by atoms with Crippen molar-refractivity contribution in [3.8, 4) is 0 Å². The minimum atomic E-state index is -0.184. The third kappa shape index (κ3) is 3.53. The SMILES string of the molecule is CN1C(=O)C[C@@H]([NH+]2CC[NH+](C(c3ccccc3)c3ccccc3)CC2)C1=O. The molecule has 2 aliphatic rings. The summed E-state index contributed by atoms with van der Waals surface area (Å²) in [6.07, 6.45) is 0.362. The Balaban J connectivity index is 1.51. The number of likely N-dealkylation sites (N-methyl/N-ethyl adjacent to an activating group) is 1. The van der Waals surface area contributed by atoms with Gasteiger partial charge in [0.05, 0.1) is 6.42 Å². The number of quaternary nitrogens is 2. The molecule has 2 N–H and O–H groups in total. The molecule has 2 heterocycles. The third-order valence-corrected chi connectivity index (χ3v) is 6.08. The molecule has 27 heavy (non-hydrogen) atoms. The number of amides is 2. The van der Waals surface area contributed by atoms with E-state index >= 15 is 0 Å². The number of hydrogen-bond acceptors (Lipinski definition) is 2. The Morgan fingerprint density at radius 2 is 1.37 bits per heavy atom. The van der Waals surface area contributed by atoms with Gasteiger partial charge < -0.3 is 9.80 Å². The van der Waals surface area contributed by atoms with Crippen LogP contribution in [0.4, 0.5) is 0 Å². The molecular formula is C22H27N3O2+2. The van der Waals surface area contributed by atoms with Crippen molar-refractivity contribution in [1.82, 2.24) is 4.90 Å². The fourth-order valence-corrected chi connectivity index (χ4v) is 4.56. The lowest BCUT2D eigenvalue weighted by Crippen LogP contribution is -3.30. The van der Waals surface area contributed by atoms with Crippen LogP contribution in [0.25, 0.3) is 0 Å². The van der Waals surface area contributed by atoms with Gasteiger partial charge in [0.2, 0.25) is 5.91 Å². The van der Waals surface area contributed by atoms with Crippen molar-refractivity contribution in [2.24, 2.45) is 0 Å². The minimum Gasteiger partial charge on any atom is -0.316 e. The first-order valence-corrected chi connectivity index (χ1v) is 9.74. The fraction of sp³-hybridized carbons (Fsp3) is 0.364. The predicted molar refractivity (Wildman–Crippen MR) is 102 cm³/mol. The van der Waals surface area contributed by atoms with Crippen LogP contribution >= 0.6 is 0 Å². The van der Waals surface area contributed by atoms with E-state index in [0.29, 0.717) is 12.5 Å². The highest BCUT2D eigenvalue weighted by Crippen LogP contribution is 2.19. The average Bonchev–Trinajstić information content (AvgIpc) is 2.98. The van der Waals surface area contributed by atoms with Gasteiger partial charge in [-0.25, -0.2) is 0 Å². The number of nitrogens with zero attached hydrogens (tertiary/aromatic N) is 1. The normalized spacial score (nSPS) is 26.0. The van der Waals surface area contributed by atoms with Crippen LogP contribution in [0.15, 0.2) is 60.7 Å². The topological polar surface area (TPSA) is 46.3 Å². The summed E-state index contributed by atoms with van der Waals surface area (Å²) in [5, 5.41) is 0. The number of piperazine rings is 1. The van der Waals surface area contributed by atoms with E-state index in [4.69, 9.17) is 0 Å². The molecule has 0 bridgehead atoms. The van der Waals surface area contributed by atoms with E-state index in [9.17, 15) is 9.59 Å². The van der Waals surface area contributed by atoms with Gasteiger partial charge in [-0.3, -0.25) is 14.5 Å². The Bertz CT molecular complexity index is 761. The lowest BCUT2D eigenvalue weighted by atomic mass is 9.96. The van der Waals surface area contributed by atoms with Crippen LogP contribution in [-0.2, 0) is 9.59 Å². The summed E-state index contributed by atoms with van der Waals surface area (Å²) < 4.78 is 0. The summed E-state index contributed by atoms with van der Waals surface area (Å²) in [4.78, 5) is 28.3. The average molecular weight is 365 g/mol. The van der Waals surface area contributed by atoms with Crippen molar-refractivity contribution in [1.29, 1.82) is 0 Å². The quantitative estimate of drug-likeness (QED) is 0.705. The minimum absolute atomic E-state index is 0.0129. The van der Waals surface area contributed by atoms with Crippen molar-refractivity contribution >= 4 is 11.8 Å². The van der Waals surface area contributed by atoms with Crippen LogP contribution < -0.4 is 9.80 Å². The van der Waals surface area contributed by atoms with E-state index in [0.717, 1.165) is 26.2 Å². The standard InChI is InChI=1S/C22H25N3O2/c1-23-20(26)16-19(22(23)27)24-12-14-25(15-13-24)21(17-8-4-2-5-9-17)18-10-6-3-7-11-18/h2-11,19,21H,12-16H2,1H3/p+2/t19-/m1/s1. The zero-order chi connectivity index (χ0) is 18.8. The summed E-state index contributed by atoms with van der Waals surface area (Å²) in [5.41, 5.74) is 2.66. The zero-order valence-electron chi connectivity index (χ0n) is 15.7. The third-order valence-electron chi connectivity index (χ3n) is 6.08. The van der Waals surface area contributed by atoms with Crippen LogP contribution in [0.5, 0.6) is 0 Å². The summed E-state index contributed by atoms with van der Waals surface area (Å²) in [7, 11) is 1.60. The highest BCUT2D eigenvalue weighted by atomic mass is 16.2. The number of benzene rings is 2. The van der Waals surface area contributed by atoms with E-state index in [1.807, 2.05) is 0 Å². The van der Waals surface area contributed by atoms with Crippen LogP contribution in [0, 0.1) is 0 Å². The highest BCUT2D eigenvalue weighted by Gasteiger charge is 2.45. The fourth-order valence-electron chi connectivity index (χ4n) is 4.56. The van der Waals surface area contributed by atoms with Crippen LogP contribution in [0.1, 0.15) is 23.6 Å². The Labute approximate surface area is 160 Å². The van der Waals surface area contributed by atoms with Crippen molar-refractivity contribution in [2.75, 3.05) is 33.2 Å². The van der Waals surface area contributed by atoms with E-state index < -0.39 is 0 Å². The van der Waals surface area contributed by atoms with Gasteiger partial charge in [0.25, 0.3) is 5.91 Å². The van der Waals surface area contributed by atoms with Crippen molar-refractivity contribution in [3.05, 3.63) is 71.8 Å². The van der Waals surface area contributed by atoms with Crippen molar-refractivity contribution in [2.45, 2.75) is 18.5 Å². The van der Waals surface area contributed by atoms with E-state index in [2.05, 4.69) is 60.7 Å². The van der Waals surface area contributed by atoms with Gasteiger partial charge in [-0.1, -0.05) is 60.7 Å². The van der Waals surface area contributed by atoms with Gasteiger partial charge in [0.1, 0.15) is 32.2 Å². The first-order valence-electron chi connectivity index (χ1n) is 9.74. The molecule has 140 valence electrons. The van der Waals surface area contributed by atoms with E-state index in [-0.39, 0.29) is 17.9 Å². The second-order valence-electron chi connectivity index (χ2n) is 7.62. The molecule has 2 aromatic carbocycles. The Morgan fingerprint density at radius 1 is 0.852 bits per heavy atom. The smallest absolute Gasteiger partial charge is 0.287 e. The number of carbonyl (C=O) groups is 2. The highest BCUT2D eigenvalue weighted by molar-refractivity contribution is 6.04. The van der Waals surface area contributed by atoms with Crippen LogP contribution in [0.2, 0.25) is 0 Å². The van der Waals surface area contributed by atoms with Crippen molar-refractivity contribution < 1.29 is 19.4 Å². The van der Waals surface area contributed by atoms with Crippen LogP contribution in [0.3, 0.4) is 0 Å². The lowest BCUT2D eigenvalue weighted by molar-refractivity contribution is -1.03. The summed E-state index contributed by atoms with van der Waals surface area (Å²) in [5.74, 6) is -0.0557. The van der Waals surface area contributed by atoms with E-state index in [1.54, 1.807) is 7.05 Å². The Kier molecular flexibility index (Phi) is 5.05. The van der Waals surface area contributed by atoms with Gasteiger partial charge >= 0.3 is 0 Å². The number of rotatable bonds is 4. The van der Waals surface area contributed by atoms with Crippen LogP contribution in [-0.4, -0.2) is 56.0 Å². The molecule has 0 radical (unpaired) electrons. The molecule has 2 aromatic rings. The molecule has 2 amide bonds. The number of nitrogens with one attached hydrogen (secondary N) is 2. The first-order chi connectivity index (χ1) is 13.1. The molecule has 5 heteroatoms. The number of likely N-dealkylation sites (tertiary alicyclic amines) is 1. The molecule has 2 fully saturated rings.